The Kier molecular flexibility index (Phi) is 5.42. The van der Waals surface area contributed by atoms with Crippen molar-refractivity contribution in [1.29, 1.82) is 0 Å². The maximum absolute atomic E-state index is 12.5. The van der Waals surface area contributed by atoms with E-state index in [-0.39, 0.29) is 5.91 Å². The fourth-order valence-electron chi connectivity index (χ4n) is 1.97. The van der Waals surface area contributed by atoms with Crippen LogP contribution in [0.4, 0.5) is 11.4 Å². The summed E-state index contributed by atoms with van der Waals surface area (Å²) >= 11 is 6.85. The molecule has 110 valence electrons. The largest absolute Gasteiger partial charge is 0.385 e. The van der Waals surface area contributed by atoms with Gasteiger partial charge in [-0.3, -0.25) is 4.79 Å². The van der Waals surface area contributed by atoms with Gasteiger partial charge in [-0.2, -0.15) is 0 Å². The molecule has 0 aliphatic carbocycles. The number of nitrogens with one attached hydrogen (secondary N) is 2. The fourth-order valence-corrected chi connectivity index (χ4v) is 3.12. The lowest BCUT2D eigenvalue weighted by Gasteiger charge is -2.13. The van der Waals surface area contributed by atoms with Crippen LogP contribution in [0.2, 0.25) is 0 Å². The van der Waals surface area contributed by atoms with Gasteiger partial charge in [0.05, 0.1) is 11.3 Å². The normalized spacial score (nSPS) is 10.3. The van der Waals surface area contributed by atoms with Gasteiger partial charge in [0.25, 0.3) is 5.91 Å². The Morgan fingerprint density at radius 3 is 2.48 bits per heavy atom. The molecule has 0 atom stereocenters. The van der Waals surface area contributed by atoms with Gasteiger partial charge in [-0.25, -0.2) is 0 Å². The summed E-state index contributed by atoms with van der Waals surface area (Å²) in [6.07, 6.45) is 0. The molecule has 0 radical (unpaired) electrons. The second-order valence-corrected chi connectivity index (χ2v) is 6.43. The first-order valence-electron chi connectivity index (χ1n) is 6.62. The molecule has 0 saturated heterocycles. The Labute approximate surface area is 141 Å². The van der Waals surface area contributed by atoms with Crippen LogP contribution in [0.15, 0.2) is 45.3 Å². The van der Waals surface area contributed by atoms with Gasteiger partial charge in [-0.15, -0.1) is 0 Å². The number of rotatable bonds is 4. The zero-order valence-electron chi connectivity index (χ0n) is 11.8. The Bertz CT molecular complexity index is 671. The first-order chi connectivity index (χ1) is 10.0. The summed E-state index contributed by atoms with van der Waals surface area (Å²) in [4.78, 5) is 12.5. The van der Waals surface area contributed by atoms with Crippen molar-refractivity contribution in [1.82, 2.24) is 0 Å². The van der Waals surface area contributed by atoms with Crippen molar-refractivity contribution in [2.45, 2.75) is 13.8 Å². The number of aryl methyl sites for hydroxylation is 1. The SMILES string of the molecule is CCNc1ccc(C)cc1C(=O)Nc1ccc(Br)cc1Br. The minimum Gasteiger partial charge on any atom is -0.385 e. The predicted molar refractivity (Wildman–Crippen MR) is 95.1 cm³/mol. The van der Waals surface area contributed by atoms with E-state index in [1.807, 2.05) is 50.2 Å². The molecule has 2 aromatic rings. The smallest absolute Gasteiger partial charge is 0.257 e. The van der Waals surface area contributed by atoms with Crippen molar-refractivity contribution in [3.63, 3.8) is 0 Å². The van der Waals surface area contributed by atoms with Crippen molar-refractivity contribution in [2.24, 2.45) is 0 Å². The van der Waals surface area contributed by atoms with Gasteiger partial charge in [-0.1, -0.05) is 27.6 Å². The zero-order chi connectivity index (χ0) is 15.4. The third kappa shape index (κ3) is 4.08. The molecule has 1 amide bonds. The molecular weight excluding hydrogens is 396 g/mol. The Morgan fingerprint density at radius 1 is 1.10 bits per heavy atom. The van der Waals surface area contributed by atoms with E-state index in [4.69, 9.17) is 0 Å². The average Bonchev–Trinajstić information content (AvgIpc) is 2.44. The summed E-state index contributed by atoms with van der Waals surface area (Å²) in [5, 5.41) is 6.15. The molecule has 5 heteroatoms. The van der Waals surface area contributed by atoms with Gasteiger partial charge in [0.1, 0.15) is 0 Å². The molecule has 0 saturated carbocycles. The molecule has 2 N–H and O–H groups in total. The van der Waals surface area contributed by atoms with Crippen molar-refractivity contribution in [3.8, 4) is 0 Å². The molecule has 21 heavy (non-hydrogen) atoms. The second kappa shape index (κ2) is 7.09. The van der Waals surface area contributed by atoms with Crippen molar-refractivity contribution < 1.29 is 4.79 Å². The Hall–Kier alpha value is -1.33. The molecule has 0 spiro atoms. The predicted octanol–water partition coefficient (Wildman–Crippen LogP) is 5.20. The highest BCUT2D eigenvalue weighted by atomic mass is 79.9. The van der Waals surface area contributed by atoms with E-state index in [0.29, 0.717) is 5.56 Å². The lowest BCUT2D eigenvalue weighted by molar-refractivity contribution is 0.102. The summed E-state index contributed by atoms with van der Waals surface area (Å²) < 4.78 is 1.79. The molecule has 2 aromatic carbocycles. The number of amides is 1. The quantitative estimate of drug-likeness (QED) is 0.725. The topological polar surface area (TPSA) is 41.1 Å². The molecule has 0 aliphatic heterocycles. The van der Waals surface area contributed by atoms with Gasteiger partial charge < -0.3 is 10.6 Å². The molecule has 0 fully saturated rings. The first-order valence-corrected chi connectivity index (χ1v) is 8.20. The number of anilines is 2. The van der Waals surface area contributed by atoms with Crippen LogP contribution in [0, 0.1) is 6.92 Å². The maximum atomic E-state index is 12.5. The molecule has 0 aliphatic rings. The molecule has 0 unspecified atom stereocenters. The molecule has 0 bridgehead atoms. The number of halogens is 2. The van der Waals surface area contributed by atoms with E-state index in [9.17, 15) is 4.79 Å². The monoisotopic (exact) mass is 410 g/mol. The molecule has 3 nitrogen and oxygen atoms in total. The van der Waals surface area contributed by atoms with E-state index in [1.54, 1.807) is 0 Å². The Morgan fingerprint density at radius 2 is 1.81 bits per heavy atom. The molecular formula is C16H16Br2N2O. The van der Waals surface area contributed by atoms with Crippen LogP contribution in [0.5, 0.6) is 0 Å². The summed E-state index contributed by atoms with van der Waals surface area (Å²) in [6.45, 7) is 4.75. The van der Waals surface area contributed by atoms with Crippen molar-refractivity contribution in [3.05, 3.63) is 56.5 Å². The summed E-state index contributed by atoms with van der Waals surface area (Å²) in [7, 11) is 0. The van der Waals surface area contributed by atoms with Crippen molar-refractivity contribution >= 4 is 49.1 Å². The van der Waals surface area contributed by atoms with Gasteiger partial charge in [0.2, 0.25) is 0 Å². The van der Waals surface area contributed by atoms with Gasteiger partial charge in [0.15, 0.2) is 0 Å². The van der Waals surface area contributed by atoms with Gasteiger partial charge in [-0.05, 0) is 60.1 Å². The highest BCUT2D eigenvalue weighted by Gasteiger charge is 2.13. The number of carbonyl (C=O) groups is 1. The third-order valence-corrected chi connectivity index (χ3v) is 4.12. The minimum atomic E-state index is -0.127. The van der Waals surface area contributed by atoms with Crippen LogP contribution in [-0.4, -0.2) is 12.5 Å². The van der Waals surface area contributed by atoms with Crippen LogP contribution in [-0.2, 0) is 0 Å². The van der Waals surface area contributed by atoms with Crippen LogP contribution >= 0.6 is 31.9 Å². The van der Waals surface area contributed by atoms with Gasteiger partial charge in [0, 0.05) is 21.2 Å². The number of hydrogen-bond acceptors (Lipinski definition) is 2. The standard InChI is InChI=1S/C16H16Br2N2O/c1-3-19-14-6-4-10(2)8-12(14)16(21)20-15-7-5-11(17)9-13(15)18/h4-9,19H,3H2,1-2H3,(H,20,21). The second-order valence-electron chi connectivity index (χ2n) is 4.66. The van der Waals surface area contributed by atoms with Crippen molar-refractivity contribution in [2.75, 3.05) is 17.2 Å². The molecule has 0 aromatic heterocycles. The lowest BCUT2D eigenvalue weighted by atomic mass is 10.1. The number of carbonyl (C=O) groups excluding carboxylic acids is 1. The van der Waals surface area contributed by atoms with E-state index >= 15 is 0 Å². The van der Waals surface area contributed by atoms with E-state index < -0.39 is 0 Å². The molecule has 0 heterocycles. The fraction of sp³-hybridized carbons (Fsp3) is 0.188. The summed E-state index contributed by atoms with van der Waals surface area (Å²) in [6, 6.07) is 11.5. The van der Waals surface area contributed by atoms with Crippen LogP contribution < -0.4 is 10.6 Å². The lowest BCUT2D eigenvalue weighted by Crippen LogP contribution is -2.15. The van der Waals surface area contributed by atoms with E-state index in [1.165, 1.54) is 0 Å². The number of hydrogen-bond donors (Lipinski definition) is 2. The third-order valence-electron chi connectivity index (χ3n) is 2.97. The summed E-state index contributed by atoms with van der Waals surface area (Å²) in [5.41, 5.74) is 3.28. The van der Waals surface area contributed by atoms with Crippen LogP contribution in [0.25, 0.3) is 0 Å². The van der Waals surface area contributed by atoms with E-state index in [2.05, 4.69) is 42.5 Å². The minimum absolute atomic E-state index is 0.127. The average molecular weight is 412 g/mol. The van der Waals surface area contributed by atoms with E-state index in [0.717, 1.165) is 32.4 Å². The van der Waals surface area contributed by atoms with Gasteiger partial charge >= 0.3 is 0 Å². The molecule has 2 rings (SSSR count). The number of benzene rings is 2. The highest BCUT2D eigenvalue weighted by Crippen LogP contribution is 2.27. The van der Waals surface area contributed by atoms with Crippen LogP contribution in [0.1, 0.15) is 22.8 Å². The Balaban J connectivity index is 2.29. The highest BCUT2D eigenvalue weighted by molar-refractivity contribution is 9.11. The maximum Gasteiger partial charge on any atom is 0.257 e. The summed E-state index contributed by atoms with van der Waals surface area (Å²) in [5.74, 6) is -0.127. The zero-order valence-corrected chi connectivity index (χ0v) is 15.0. The van der Waals surface area contributed by atoms with Crippen LogP contribution in [0.3, 0.4) is 0 Å². The first kappa shape index (κ1) is 16.0.